The van der Waals surface area contributed by atoms with Crippen LogP contribution >= 0.6 is 11.6 Å². The van der Waals surface area contributed by atoms with Crippen molar-refractivity contribution in [2.45, 2.75) is 26.0 Å². The number of ether oxygens (including phenoxy) is 1. The van der Waals surface area contributed by atoms with Crippen LogP contribution in [0.5, 0.6) is 0 Å². The lowest BCUT2D eigenvalue weighted by Crippen LogP contribution is -2.48. The maximum absolute atomic E-state index is 10.8. The summed E-state index contributed by atoms with van der Waals surface area (Å²) in [5.41, 5.74) is 0. The highest BCUT2D eigenvalue weighted by Gasteiger charge is 2.25. The summed E-state index contributed by atoms with van der Waals surface area (Å²) >= 11 is 5.35. The minimum absolute atomic E-state index is 0.105. The standard InChI is InChI=1S/C7H12ClNO2/c1-5-4-11-6(2)3-9(5)7(8)10/h5-6H,3-4H2,1-2H3. The van der Waals surface area contributed by atoms with Gasteiger partial charge in [0.2, 0.25) is 0 Å². The topological polar surface area (TPSA) is 29.5 Å². The second-order valence-electron chi connectivity index (χ2n) is 2.90. The molecule has 0 aliphatic carbocycles. The molecule has 0 spiro atoms. The molecule has 1 aliphatic heterocycles. The Kier molecular flexibility index (Phi) is 2.73. The SMILES string of the molecule is CC1CN(C(=O)Cl)C(C)CO1. The monoisotopic (exact) mass is 177 g/mol. The molecule has 1 saturated heterocycles. The van der Waals surface area contributed by atoms with E-state index in [1.807, 2.05) is 13.8 Å². The summed E-state index contributed by atoms with van der Waals surface area (Å²) < 4.78 is 5.32. The summed E-state index contributed by atoms with van der Waals surface area (Å²) in [4.78, 5) is 12.4. The Bertz CT molecular complexity index is 163. The zero-order chi connectivity index (χ0) is 8.43. The van der Waals surface area contributed by atoms with Crippen LogP contribution in [0, 0.1) is 0 Å². The highest BCUT2D eigenvalue weighted by molar-refractivity contribution is 6.62. The maximum Gasteiger partial charge on any atom is 0.316 e. The van der Waals surface area contributed by atoms with Gasteiger partial charge in [0.05, 0.1) is 18.8 Å². The van der Waals surface area contributed by atoms with E-state index in [1.165, 1.54) is 0 Å². The molecule has 1 aliphatic rings. The Morgan fingerprint density at radius 1 is 1.64 bits per heavy atom. The van der Waals surface area contributed by atoms with Gasteiger partial charge in [-0.3, -0.25) is 4.79 Å². The van der Waals surface area contributed by atoms with Gasteiger partial charge in [0, 0.05) is 6.54 Å². The Hall–Kier alpha value is -0.280. The van der Waals surface area contributed by atoms with E-state index in [9.17, 15) is 4.79 Å². The Morgan fingerprint density at radius 2 is 2.27 bits per heavy atom. The Morgan fingerprint density at radius 3 is 2.73 bits per heavy atom. The number of carbonyl (C=O) groups excluding carboxylic acids is 1. The fourth-order valence-electron chi connectivity index (χ4n) is 1.15. The third-order valence-electron chi connectivity index (χ3n) is 1.83. The molecule has 1 amide bonds. The van der Waals surface area contributed by atoms with E-state index in [-0.39, 0.29) is 17.5 Å². The largest absolute Gasteiger partial charge is 0.375 e. The molecule has 11 heavy (non-hydrogen) atoms. The van der Waals surface area contributed by atoms with Crippen LogP contribution < -0.4 is 0 Å². The lowest BCUT2D eigenvalue weighted by atomic mass is 10.2. The first-order valence-electron chi connectivity index (χ1n) is 3.69. The van der Waals surface area contributed by atoms with Gasteiger partial charge >= 0.3 is 5.37 Å². The van der Waals surface area contributed by atoms with E-state index in [2.05, 4.69) is 0 Å². The Labute approximate surface area is 71.3 Å². The predicted octanol–water partition coefficient (Wildman–Crippen LogP) is 1.45. The van der Waals surface area contributed by atoms with Gasteiger partial charge in [0.1, 0.15) is 0 Å². The number of hydrogen-bond donors (Lipinski definition) is 0. The molecule has 2 atom stereocenters. The molecular formula is C7H12ClNO2. The van der Waals surface area contributed by atoms with E-state index >= 15 is 0 Å². The fraction of sp³-hybridized carbons (Fsp3) is 0.857. The zero-order valence-electron chi connectivity index (χ0n) is 6.71. The Balaban J connectivity index is 2.54. The number of rotatable bonds is 0. The van der Waals surface area contributed by atoms with Crippen LogP contribution in [0.25, 0.3) is 0 Å². The fourth-order valence-corrected chi connectivity index (χ4v) is 1.38. The number of halogens is 1. The summed E-state index contributed by atoms with van der Waals surface area (Å²) in [6.07, 6.45) is 0.105. The quantitative estimate of drug-likeness (QED) is 0.414. The molecule has 64 valence electrons. The number of carbonyl (C=O) groups is 1. The van der Waals surface area contributed by atoms with Crippen molar-refractivity contribution >= 4 is 17.0 Å². The first-order chi connectivity index (χ1) is 5.11. The minimum atomic E-state index is -0.382. The molecular weight excluding hydrogens is 166 g/mol. The van der Waals surface area contributed by atoms with E-state index in [0.29, 0.717) is 13.2 Å². The molecule has 0 aromatic heterocycles. The van der Waals surface area contributed by atoms with E-state index in [4.69, 9.17) is 16.3 Å². The molecule has 1 rings (SSSR count). The van der Waals surface area contributed by atoms with Crippen LogP contribution in [0.3, 0.4) is 0 Å². The van der Waals surface area contributed by atoms with E-state index in [1.54, 1.807) is 4.90 Å². The third-order valence-corrected chi connectivity index (χ3v) is 2.05. The van der Waals surface area contributed by atoms with Crippen LogP contribution in [0.1, 0.15) is 13.8 Å². The van der Waals surface area contributed by atoms with E-state index in [0.717, 1.165) is 0 Å². The lowest BCUT2D eigenvalue weighted by Gasteiger charge is -2.35. The molecule has 0 radical (unpaired) electrons. The van der Waals surface area contributed by atoms with Crippen LogP contribution in [0.2, 0.25) is 0 Å². The molecule has 1 heterocycles. The molecule has 0 bridgehead atoms. The highest BCUT2D eigenvalue weighted by atomic mass is 35.5. The number of nitrogens with zero attached hydrogens (tertiary/aromatic N) is 1. The third kappa shape index (κ3) is 2.07. The molecule has 2 unspecified atom stereocenters. The first kappa shape index (κ1) is 8.81. The number of amides is 1. The van der Waals surface area contributed by atoms with Crippen LogP contribution in [0.4, 0.5) is 4.79 Å². The van der Waals surface area contributed by atoms with Gasteiger partial charge in [-0.15, -0.1) is 0 Å². The first-order valence-corrected chi connectivity index (χ1v) is 4.06. The predicted molar refractivity (Wildman–Crippen MR) is 42.8 cm³/mol. The number of morpholine rings is 1. The molecule has 0 aromatic carbocycles. The van der Waals surface area contributed by atoms with Gasteiger partial charge in [0.15, 0.2) is 0 Å². The molecule has 0 aromatic rings. The average Bonchev–Trinajstić information content (AvgIpc) is 1.94. The van der Waals surface area contributed by atoms with Crippen molar-refractivity contribution in [2.24, 2.45) is 0 Å². The van der Waals surface area contributed by atoms with Gasteiger partial charge < -0.3 is 9.64 Å². The van der Waals surface area contributed by atoms with Gasteiger partial charge in [-0.1, -0.05) is 0 Å². The smallest absolute Gasteiger partial charge is 0.316 e. The van der Waals surface area contributed by atoms with Crippen molar-refractivity contribution < 1.29 is 9.53 Å². The second-order valence-corrected chi connectivity index (χ2v) is 3.22. The summed E-state index contributed by atoms with van der Waals surface area (Å²) in [7, 11) is 0. The lowest BCUT2D eigenvalue weighted by molar-refractivity contribution is -0.0278. The molecule has 1 fully saturated rings. The van der Waals surface area contributed by atoms with Gasteiger partial charge in [-0.25, -0.2) is 0 Å². The van der Waals surface area contributed by atoms with Crippen LogP contribution in [-0.2, 0) is 4.74 Å². The molecule has 4 heteroatoms. The van der Waals surface area contributed by atoms with Crippen LogP contribution in [0.15, 0.2) is 0 Å². The maximum atomic E-state index is 10.8. The number of hydrogen-bond acceptors (Lipinski definition) is 2. The molecule has 0 N–H and O–H groups in total. The van der Waals surface area contributed by atoms with E-state index < -0.39 is 0 Å². The molecule has 3 nitrogen and oxygen atoms in total. The van der Waals surface area contributed by atoms with Crippen molar-refractivity contribution in [1.82, 2.24) is 4.90 Å². The van der Waals surface area contributed by atoms with Crippen molar-refractivity contribution in [1.29, 1.82) is 0 Å². The highest BCUT2D eigenvalue weighted by Crippen LogP contribution is 2.12. The molecule has 0 saturated carbocycles. The summed E-state index contributed by atoms with van der Waals surface area (Å²) in [6, 6.07) is 0.108. The normalized spacial score (nSPS) is 32.1. The van der Waals surface area contributed by atoms with Crippen molar-refractivity contribution in [3.05, 3.63) is 0 Å². The summed E-state index contributed by atoms with van der Waals surface area (Å²) in [5, 5.41) is -0.382. The van der Waals surface area contributed by atoms with Gasteiger partial charge in [-0.05, 0) is 25.4 Å². The summed E-state index contributed by atoms with van der Waals surface area (Å²) in [5.74, 6) is 0. The van der Waals surface area contributed by atoms with Crippen molar-refractivity contribution in [3.8, 4) is 0 Å². The van der Waals surface area contributed by atoms with Gasteiger partial charge in [0.25, 0.3) is 0 Å². The average molecular weight is 178 g/mol. The summed E-state index contributed by atoms with van der Waals surface area (Å²) in [6.45, 7) is 5.04. The van der Waals surface area contributed by atoms with Crippen LogP contribution in [-0.4, -0.2) is 35.6 Å². The second kappa shape index (κ2) is 3.41. The zero-order valence-corrected chi connectivity index (χ0v) is 7.47. The van der Waals surface area contributed by atoms with Crippen molar-refractivity contribution in [2.75, 3.05) is 13.2 Å². The van der Waals surface area contributed by atoms with Gasteiger partial charge in [-0.2, -0.15) is 0 Å². The van der Waals surface area contributed by atoms with Crippen molar-refractivity contribution in [3.63, 3.8) is 0 Å². The minimum Gasteiger partial charge on any atom is -0.375 e.